The van der Waals surface area contributed by atoms with Gasteiger partial charge in [-0.25, -0.2) is 0 Å². The number of pyridine rings is 1. The van der Waals surface area contributed by atoms with Crippen molar-refractivity contribution in [2.24, 2.45) is 17.8 Å². The minimum absolute atomic E-state index is 0. The molecule has 0 fully saturated rings. The van der Waals surface area contributed by atoms with Gasteiger partial charge >= 0.3 is 0 Å². The van der Waals surface area contributed by atoms with Crippen molar-refractivity contribution in [1.82, 2.24) is 4.98 Å². The van der Waals surface area contributed by atoms with Crippen LogP contribution in [0.25, 0.3) is 55.2 Å². The Bertz CT molecular complexity index is 2190. The van der Waals surface area contributed by atoms with Crippen LogP contribution in [0.5, 0.6) is 0 Å². The third-order valence-corrected chi connectivity index (χ3v) is 10.1. The summed E-state index contributed by atoms with van der Waals surface area (Å²) in [5, 5.41) is 14.2. The third-order valence-electron chi connectivity index (χ3n) is 10.1. The fourth-order valence-corrected chi connectivity index (χ4v) is 7.04. The summed E-state index contributed by atoms with van der Waals surface area (Å²) in [6, 6.07) is 27.2. The third kappa shape index (κ3) is 9.77. The van der Waals surface area contributed by atoms with Crippen LogP contribution in [-0.4, -0.2) is 15.9 Å². The summed E-state index contributed by atoms with van der Waals surface area (Å²) in [6.45, 7) is 21.2. The molecule has 1 radical (unpaired) electrons. The zero-order chi connectivity index (χ0) is 37.7. The van der Waals surface area contributed by atoms with E-state index >= 15 is 0 Å². The molecule has 5 nitrogen and oxygen atoms in total. The van der Waals surface area contributed by atoms with E-state index in [4.69, 9.17) is 13.8 Å². The van der Waals surface area contributed by atoms with Crippen LogP contribution in [0.15, 0.2) is 87.4 Å². The molecular weight excluding hydrogens is 835 g/mol. The predicted molar refractivity (Wildman–Crippen MR) is 217 cm³/mol. The van der Waals surface area contributed by atoms with Gasteiger partial charge in [-0.05, 0) is 73.3 Å². The van der Waals surface area contributed by atoms with Crippen LogP contribution in [0, 0.1) is 30.7 Å². The number of aryl methyl sites for hydroxylation is 1. The summed E-state index contributed by atoms with van der Waals surface area (Å²) in [4.78, 5) is 16.7. The molecule has 0 spiro atoms. The number of carbonyl (C=O) groups excluding carboxylic acids is 1. The Labute approximate surface area is 329 Å². The Kier molecular flexibility index (Phi) is 14.1. The molecule has 0 unspecified atom stereocenters. The Balaban J connectivity index is 0.000000335. The summed E-state index contributed by atoms with van der Waals surface area (Å²) in [6.07, 6.45) is 5.84. The molecule has 0 saturated heterocycles. The molecule has 0 aliphatic rings. The van der Waals surface area contributed by atoms with Gasteiger partial charge in [-0.1, -0.05) is 110 Å². The Morgan fingerprint density at radius 3 is 2.19 bits per heavy atom. The first-order valence-corrected chi connectivity index (χ1v) is 19.1. The van der Waals surface area contributed by atoms with Crippen LogP contribution >= 0.6 is 0 Å². The molecule has 6 heteroatoms. The smallest absolute Gasteiger partial charge is 0.219 e. The van der Waals surface area contributed by atoms with E-state index in [0.29, 0.717) is 11.6 Å². The van der Waals surface area contributed by atoms with E-state index in [1.165, 1.54) is 17.0 Å². The van der Waals surface area contributed by atoms with Gasteiger partial charge in [0.1, 0.15) is 17.1 Å². The van der Waals surface area contributed by atoms with E-state index in [2.05, 4.69) is 107 Å². The molecule has 0 amide bonds. The number of fused-ring (bicyclic) bond motifs is 3. The van der Waals surface area contributed by atoms with Crippen LogP contribution < -0.4 is 0 Å². The number of aromatic nitrogens is 1. The van der Waals surface area contributed by atoms with E-state index < -0.39 is 0 Å². The molecule has 6 rings (SSSR count). The van der Waals surface area contributed by atoms with Crippen LogP contribution in [0.4, 0.5) is 0 Å². The van der Waals surface area contributed by atoms with Crippen molar-refractivity contribution >= 4 is 38.6 Å². The largest absolute Gasteiger partial charge is 0.512 e. The quantitative estimate of drug-likeness (QED) is 0.0797. The number of rotatable bonds is 11. The molecule has 0 aliphatic heterocycles. The fraction of sp³-hybridized carbons (Fsp3) is 0.404. The van der Waals surface area contributed by atoms with Gasteiger partial charge in [0.25, 0.3) is 0 Å². The van der Waals surface area contributed by atoms with E-state index in [9.17, 15) is 9.90 Å². The van der Waals surface area contributed by atoms with E-state index in [-0.39, 0.29) is 48.9 Å². The summed E-state index contributed by atoms with van der Waals surface area (Å²) in [5.74, 6) is 2.97. The van der Waals surface area contributed by atoms with Crippen LogP contribution in [0.3, 0.4) is 0 Å². The molecule has 0 aliphatic carbocycles. The average molecular weight is 891 g/mol. The topological polar surface area (TPSA) is 76.5 Å². The monoisotopic (exact) mass is 891 g/mol. The second-order valence-electron chi connectivity index (χ2n) is 15.6. The molecular formula is C47H56IrNO4-. The molecule has 6 aromatic rings. The maximum Gasteiger partial charge on any atom is 0.219 e. The molecule has 0 saturated carbocycles. The molecule has 3 aromatic heterocycles. The van der Waals surface area contributed by atoms with Gasteiger partial charge in [-0.2, -0.15) is 0 Å². The van der Waals surface area contributed by atoms with Crippen molar-refractivity contribution in [3.05, 3.63) is 102 Å². The standard InChI is InChI=1S/C34H32NO2.C13H24O2.Ir/c1-20(2)13-26-16-24-12-11-23(18-32(24)37-26)28-19-31(35-33-29(28)14-21(3)36-33)25-15-22-9-7-8-10-27(22)30(17-25)34(4,5)6;1-5-10(6-2)12(14)9-13(15)11(7-3)8-4;/h7-12,14,16-20H,13H2,1-6H3;9-11,14H,5-8H2,1-4H3;/q-1;;/b;12-9-;. The second kappa shape index (κ2) is 17.9. The van der Waals surface area contributed by atoms with Crippen LogP contribution in [0.2, 0.25) is 0 Å². The van der Waals surface area contributed by atoms with Gasteiger partial charge in [0.2, 0.25) is 5.71 Å². The molecule has 0 atom stereocenters. The number of allylic oxidation sites excluding steroid dienone is 2. The zero-order valence-corrected chi connectivity index (χ0v) is 35.5. The normalized spacial score (nSPS) is 12.2. The summed E-state index contributed by atoms with van der Waals surface area (Å²) >= 11 is 0. The van der Waals surface area contributed by atoms with Gasteiger partial charge in [-0.15, -0.1) is 29.1 Å². The molecule has 3 heterocycles. The predicted octanol–water partition coefficient (Wildman–Crippen LogP) is 13.5. The number of aliphatic hydroxyl groups is 1. The first kappa shape index (κ1) is 41.8. The number of furan rings is 2. The minimum Gasteiger partial charge on any atom is -0.512 e. The van der Waals surface area contributed by atoms with Gasteiger partial charge in [0.15, 0.2) is 5.78 Å². The molecule has 3 aromatic carbocycles. The van der Waals surface area contributed by atoms with Gasteiger partial charge in [0.05, 0.1) is 5.76 Å². The summed E-state index contributed by atoms with van der Waals surface area (Å²) in [7, 11) is 0. The number of carbonyl (C=O) groups is 1. The van der Waals surface area contributed by atoms with Crippen molar-refractivity contribution in [3.63, 3.8) is 0 Å². The molecule has 0 bridgehead atoms. The van der Waals surface area contributed by atoms with Crippen molar-refractivity contribution in [2.75, 3.05) is 0 Å². The maximum atomic E-state index is 11.7. The molecule has 53 heavy (non-hydrogen) atoms. The van der Waals surface area contributed by atoms with Gasteiger partial charge < -0.3 is 13.9 Å². The Morgan fingerprint density at radius 1 is 0.868 bits per heavy atom. The first-order chi connectivity index (χ1) is 24.8. The van der Waals surface area contributed by atoms with Crippen LogP contribution in [-0.2, 0) is 36.7 Å². The Hall–Kier alpha value is -3.99. The molecule has 283 valence electrons. The average Bonchev–Trinajstić information content (AvgIpc) is 3.69. The number of nitrogens with zero attached hydrogens (tertiary/aromatic N) is 1. The van der Waals surface area contributed by atoms with Crippen molar-refractivity contribution in [3.8, 4) is 22.4 Å². The minimum atomic E-state index is -0.0182. The number of ketones is 1. The number of hydrogen-bond donors (Lipinski definition) is 1. The molecule has 1 N–H and O–H groups in total. The van der Waals surface area contributed by atoms with Crippen molar-refractivity contribution in [1.29, 1.82) is 0 Å². The maximum absolute atomic E-state index is 11.7. The number of hydrogen-bond acceptors (Lipinski definition) is 5. The van der Waals surface area contributed by atoms with Gasteiger partial charge in [0, 0.05) is 60.9 Å². The Morgan fingerprint density at radius 2 is 1.55 bits per heavy atom. The van der Waals surface area contributed by atoms with Gasteiger partial charge in [-0.3, -0.25) is 9.78 Å². The van der Waals surface area contributed by atoms with E-state index in [1.807, 2.05) is 34.6 Å². The van der Waals surface area contributed by atoms with E-state index in [1.54, 1.807) is 0 Å². The number of aliphatic hydroxyl groups excluding tert-OH is 1. The second-order valence-corrected chi connectivity index (χ2v) is 15.6. The SMILES string of the molecule is CCC(CC)C(=O)/C=C(\O)C(CC)CC.Cc1cc2c(-c3ccc4cc(CC(C)C)oc4c3)cc(-c3[c-]c4ccccc4c(C(C)(C)C)c3)nc2o1.[Ir]. The van der Waals surface area contributed by atoms with Crippen LogP contribution in [0.1, 0.15) is 105 Å². The fourth-order valence-electron chi connectivity index (χ4n) is 7.04. The van der Waals surface area contributed by atoms with Crippen molar-refractivity contribution in [2.45, 2.75) is 107 Å². The first-order valence-electron chi connectivity index (χ1n) is 19.1. The number of benzene rings is 3. The van der Waals surface area contributed by atoms with E-state index in [0.717, 1.165) is 87.8 Å². The summed E-state index contributed by atoms with van der Waals surface area (Å²) < 4.78 is 12.3. The zero-order valence-electron chi connectivity index (χ0n) is 33.1. The summed E-state index contributed by atoms with van der Waals surface area (Å²) in [5.41, 5.74) is 6.81. The van der Waals surface area contributed by atoms with Crippen molar-refractivity contribution < 1.29 is 38.8 Å².